The Bertz CT molecular complexity index is 1020. The molecule has 1 atom stereocenters. The summed E-state index contributed by atoms with van der Waals surface area (Å²) in [6.45, 7) is 11.2. The fourth-order valence-electron chi connectivity index (χ4n) is 4.33. The molecule has 2 N–H and O–H groups in total. The standard InChI is InChI=1S/C25H30N4/c1-6-18-7-9-19(10-8-18)27-24-26-12-11-22(28-24)20-14-21-17(3)15-25(4,5)29-23(21)13-16(20)2/h7-14,17,29H,6,15H2,1-5H3,(H,26,27,28). The van der Waals surface area contributed by atoms with E-state index in [0.717, 1.165) is 24.2 Å². The Kier molecular flexibility index (Phi) is 5.03. The second kappa shape index (κ2) is 7.51. The molecule has 0 spiro atoms. The Balaban J connectivity index is 1.65. The van der Waals surface area contributed by atoms with E-state index in [1.807, 2.05) is 12.3 Å². The zero-order valence-electron chi connectivity index (χ0n) is 18.0. The van der Waals surface area contributed by atoms with Gasteiger partial charge in [-0.05, 0) is 86.6 Å². The molecular weight excluding hydrogens is 356 g/mol. The van der Waals surface area contributed by atoms with Crippen LogP contribution in [0.25, 0.3) is 11.3 Å². The number of nitrogens with zero attached hydrogens (tertiary/aromatic N) is 2. The van der Waals surface area contributed by atoms with Crippen LogP contribution in [0, 0.1) is 6.92 Å². The van der Waals surface area contributed by atoms with Gasteiger partial charge in [-0.3, -0.25) is 0 Å². The summed E-state index contributed by atoms with van der Waals surface area (Å²) in [6, 6.07) is 15.0. The predicted octanol–water partition coefficient (Wildman–Crippen LogP) is 6.46. The summed E-state index contributed by atoms with van der Waals surface area (Å²) < 4.78 is 0. The summed E-state index contributed by atoms with van der Waals surface area (Å²) in [5.41, 5.74) is 8.40. The lowest BCUT2D eigenvalue weighted by molar-refractivity contribution is 0.454. The van der Waals surface area contributed by atoms with Gasteiger partial charge in [0.25, 0.3) is 0 Å². The molecule has 2 heterocycles. The van der Waals surface area contributed by atoms with Gasteiger partial charge in [0.2, 0.25) is 5.95 Å². The fourth-order valence-corrected chi connectivity index (χ4v) is 4.33. The Morgan fingerprint density at radius 1 is 1.14 bits per heavy atom. The molecule has 2 aromatic carbocycles. The molecule has 0 saturated carbocycles. The van der Waals surface area contributed by atoms with Gasteiger partial charge in [-0.25, -0.2) is 9.97 Å². The third kappa shape index (κ3) is 4.12. The minimum absolute atomic E-state index is 0.125. The van der Waals surface area contributed by atoms with Crippen LogP contribution in [0.4, 0.5) is 17.3 Å². The van der Waals surface area contributed by atoms with E-state index in [-0.39, 0.29) is 5.54 Å². The molecule has 0 saturated heterocycles. The zero-order chi connectivity index (χ0) is 20.6. The van der Waals surface area contributed by atoms with Crippen LogP contribution >= 0.6 is 0 Å². The van der Waals surface area contributed by atoms with Crippen molar-refractivity contribution in [3.63, 3.8) is 0 Å². The number of nitrogens with one attached hydrogen (secondary N) is 2. The van der Waals surface area contributed by atoms with E-state index < -0.39 is 0 Å². The lowest BCUT2D eigenvalue weighted by Gasteiger charge is -2.38. The van der Waals surface area contributed by atoms with E-state index in [4.69, 9.17) is 4.98 Å². The van der Waals surface area contributed by atoms with Crippen molar-refractivity contribution in [1.82, 2.24) is 9.97 Å². The van der Waals surface area contributed by atoms with Gasteiger partial charge in [0.05, 0.1) is 5.69 Å². The highest BCUT2D eigenvalue weighted by Crippen LogP contribution is 2.41. The maximum absolute atomic E-state index is 4.80. The highest BCUT2D eigenvalue weighted by Gasteiger charge is 2.29. The SMILES string of the molecule is CCc1ccc(Nc2nccc(-c3cc4c(cc3C)NC(C)(C)CC4C)n2)cc1. The van der Waals surface area contributed by atoms with Gasteiger partial charge in [-0.15, -0.1) is 0 Å². The minimum Gasteiger partial charge on any atom is -0.380 e. The van der Waals surface area contributed by atoms with Gasteiger partial charge in [0.15, 0.2) is 0 Å². The van der Waals surface area contributed by atoms with Crippen molar-refractivity contribution in [2.75, 3.05) is 10.6 Å². The summed E-state index contributed by atoms with van der Waals surface area (Å²) in [5, 5.41) is 7.03. The number of aromatic nitrogens is 2. The van der Waals surface area contributed by atoms with E-state index in [2.05, 4.69) is 86.6 Å². The van der Waals surface area contributed by atoms with Crippen molar-refractivity contribution < 1.29 is 0 Å². The lowest BCUT2D eigenvalue weighted by atomic mass is 9.80. The van der Waals surface area contributed by atoms with E-state index in [0.29, 0.717) is 11.9 Å². The maximum Gasteiger partial charge on any atom is 0.227 e. The van der Waals surface area contributed by atoms with Crippen LogP contribution in [0.1, 0.15) is 56.7 Å². The smallest absolute Gasteiger partial charge is 0.227 e. The van der Waals surface area contributed by atoms with Gasteiger partial charge < -0.3 is 10.6 Å². The Morgan fingerprint density at radius 3 is 2.62 bits per heavy atom. The summed E-state index contributed by atoms with van der Waals surface area (Å²) in [5.74, 6) is 1.13. The number of benzene rings is 2. The summed E-state index contributed by atoms with van der Waals surface area (Å²) in [6.07, 6.45) is 3.98. The molecule has 1 aromatic heterocycles. The van der Waals surface area contributed by atoms with Crippen molar-refractivity contribution in [2.45, 2.75) is 58.9 Å². The molecule has 4 heteroatoms. The van der Waals surface area contributed by atoms with Crippen molar-refractivity contribution in [3.05, 3.63) is 65.4 Å². The fraction of sp³-hybridized carbons (Fsp3) is 0.360. The van der Waals surface area contributed by atoms with Gasteiger partial charge in [-0.2, -0.15) is 0 Å². The first kappa shape index (κ1) is 19.4. The van der Waals surface area contributed by atoms with Gasteiger partial charge >= 0.3 is 0 Å². The van der Waals surface area contributed by atoms with Crippen molar-refractivity contribution in [1.29, 1.82) is 0 Å². The summed E-state index contributed by atoms with van der Waals surface area (Å²) in [7, 11) is 0. The molecule has 0 amide bonds. The highest BCUT2D eigenvalue weighted by atomic mass is 15.1. The largest absolute Gasteiger partial charge is 0.380 e. The van der Waals surface area contributed by atoms with Crippen LogP contribution in [0.15, 0.2) is 48.7 Å². The average Bonchev–Trinajstić information content (AvgIpc) is 2.67. The van der Waals surface area contributed by atoms with Crippen molar-refractivity contribution in [3.8, 4) is 11.3 Å². The first-order valence-electron chi connectivity index (χ1n) is 10.5. The lowest BCUT2D eigenvalue weighted by Crippen LogP contribution is -2.36. The molecule has 1 aliphatic rings. The Morgan fingerprint density at radius 2 is 1.90 bits per heavy atom. The van der Waals surface area contributed by atoms with Crippen LogP contribution < -0.4 is 10.6 Å². The molecular formula is C25H30N4. The molecule has 0 radical (unpaired) electrons. The number of aryl methyl sites for hydroxylation is 2. The molecule has 4 rings (SSSR count). The molecule has 3 aromatic rings. The number of hydrogen-bond acceptors (Lipinski definition) is 4. The third-order valence-corrected chi connectivity index (χ3v) is 5.77. The first-order chi connectivity index (χ1) is 13.8. The maximum atomic E-state index is 4.80. The van der Waals surface area contributed by atoms with E-state index >= 15 is 0 Å². The number of rotatable bonds is 4. The quantitative estimate of drug-likeness (QED) is 0.540. The second-order valence-corrected chi connectivity index (χ2v) is 8.81. The van der Waals surface area contributed by atoms with Crippen LogP contribution in [-0.2, 0) is 6.42 Å². The number of anilines is 3. The van der Waals surface area contributed by atoms with E-state index in [1.165, 1.54) is 27.9 Å². The number of fused-ring (bicyclic) bond motifs is 1. The average molecular weight is 387 g/mol. The molecule has 0 bridgehead atoms. The third-order valence-electron chi connectivity index (χ3n) is 5.77. The molecule has 0 aliphatic carbocycles. The molecule has 1 aliphatic heterocycles. The normalized spacial score (nSPS) is 17.3. The van der Waals surface area contributed by atoms with Gasteiger partial charge in [0.1, 0.15) is 0 Å². The molecule has 4 nitrogen and oxygen atoms in total. The molecule has 29 heavy (non-hydrogen) atoms. The molecule has 150 valence electrons. The molecule has 1 unspecified atom stereocenters. The topological polar surface area (TPSA) is 49.8 Å². The van der Waals surface area contributed by atoms with Crippen LogP contribution in [0.5, 0.6) is 0 Å². The summed E-state index contributed by atoms with van der Waals surface area (Å²) >= 11 is 0. The van der Waals surface area contributed by atoms with Crippen molar-refractivity contribution >= 4 is 17.3 Å². The summed E-state index contributed by atoms with van der Waals surface area (Å²) in [4.78, 5) is 9.22. The highest BCUT2D eigenvalue weighted by molar-refractivity contribution is 5.72. The van der Waals surface area contributed by atoms with E-state index in [1.54, 1.807) is 0 Å². The van der Waals surface area contributed by atoms with Crippen LogP contribution in [0.3, 0.4) is 0 Å². The minimum atomic E-state index is 0.125. The van der Waals surface area contributed by atoms with Crippen molar-refractivity contribution in [2.24, 2.45) is 0 Å². The van der Waals surface area contributed by atoms with Gasteiger partial charge in [0, 0.05) is 28.7 Å². The van der Waals surface area contributed by atoms with Crippen LogP contribution in [-0.4, -0.2) is 15.5 Å². The zero-order valence-corrected chi connectivity index (χ0v) is 18.0. The Labute approximate surface area is 173 Å². The van der Waals surface area contributed by atoms with Crippen LogP contribution in [0.2, 0.25) is 0 Å². The monoisotopic (exact) mass is 386 g/mol. The first-order valence-corrected chi connectivity index (χ1v) is 10.5. The second-order valence-electron chi connectivity index (χ2n) is 8.81. The van der Waals surface area contributed by atoms with Gasteiger partial charge in [-0.1, -0.05) is 26.0 Å². The number of hydrogen-bond donors (Lipinski definition) is 2. The van der Waals surface area contributed by atoms with E-state index in [9.17, 15) is 0 Å². The predicted molar refractivity (Wildman–Crippen MR) is 122 cm³/mol. The molecule has 0 fully saturated rings. The Hall–Kier alpha value is -2.88.